The van der Waals surface area contributed by atoms with E-state index in [1.807, 2.05) is 13.8 Å². The van der Waals surface area contributed by atoms with Crippen molar-refractivity contribution in [2.75, 3.05) is 17.1 Å². The molecule has 0 aliphatic carbocycles. The molecule has 0 saturated carbocycles. The Hall–Kier alpha value is -1.56. The maximum atomic E-state index is 12.0. The van der Waals surface area contributed by atoms with Crippen molar-refractivity contribution in [3.63, 3.8) is 0 Å². The molecule has 21 heavy (non-hydrogen) atoms. The predicted molar refractivity (Wildman–Crippen MR) is 84.0 cm³/mol. The zero-order valence-corrected chi connectivity index (χ0v) is 13.4. The number of hydrogen-bond acceptors (Lipinski definition) is 4. The lowest BCUT2D eigenvalue weighted by Crippen LogP contribution is -2.19. The molecule has 0 amide bonds. The first-order valence-corrected chi connectivity index (χ1v) is 8.92. The molecule has 0 unspecified atom stereocenters. The highest BCUT2D eigenvalue weighted by Crippen LogP contribution is 2.18. The predicted octanol–water partition coefficient (Wildman–Crippen LogP) is 3.19. The molecule has 0 radical (unpaired) electrons. The SMILES string of the molecule is CCCCOC(=O)c1ccccc1NS(=O)(=O)CCCC. The van der Waals surface area contributed by atoms with Gasteiger partial charge in [-0.3, -0.25) is 4.72 Å². The molecule has 5 nitrogen and oxygen atoms in total. The molecule has 1 N–H and O–H groups in total. The molecular formula is C15H23NO4S. The fourth-order valence-corrected chi connectivity index (χ4v) is 2.97. The summed E-state index contributed by atoms with van der Waals surface area (Å²) in [5, 5.41) is 0. The molecule has 0 aliphatic rings. The van der Waals surface area contributed by atoms with Crippen molar-refractivity contribution in [2.45, 2.75) is 39.5 Å². The molecule has 0 aliphatic heterocycles. The van der Waals surface area contributed by atoms with E-state index in [2.05, 4.69) is 4.72 Å². The van der Waals surface area contributed by atoms with Gasteiger partial charge in [-0.05, 0) is 25.0 Å². The minimum absolute atomic E-state index is 0.0444. The average molecular weight is 313 g/mol. The van der Waals surface area contributed by atoms with Crippen molar-refractivity contribution in [1.82, 2.24) is 0 Å². The Labute approximate surface area is 126 Å². The van der Waals surface area contributed by atoms with E-state index in [9.17, 15) is 13.2 Å². The Bertz CT molecular complexity index is 555. The van der Waals surface area contributed by atoms with Gasteiger partial charge in [-0.15, -0.1) is 0 Å². The van der Waals surface area contributed by atoms with Crippen molar-refractivity contribution >= 4 is 21.7 Å². The number of rotatable bonds is 9. The van der Waals surface area contributed by atoms with Crippen LogP contribution in [0.2, 0.25) is 0 Å². The van der Waals surface area contributed by atoms with E-state index in [1.165, 1.54) is 0 Å². The van der Waals surface area contributed by atoms with Crippen LogP contribution in [0.1, 0.15) is 49.9 Å². The number of carbonyl (C=O) groups is 1. The monoisotopic (exact) mass is 313 g/mol. The molecule has 6 heteroatoms. The maximum Gasteiger partial charge on any atom is 0.340 e. The Morgan fingerprint density at radius 2 is 1.81 bits per heavy atom. The third-order valence-electron chi connectivity index (χ3n) is 2.91. The molecule has 1 aromatic carbocycles. The number of anilines is 1. The highest BCUT2D eigenvalue weighted by Gasteiger charge is 2.17. The molecule has 0 aromatic heterocycles. The first-order valence-electron chi connectivity index (χ1n) is 7.26. The van der Waals surface area contributed by atoms with Crippen LogP contribution in [0.25, 0.3) is 0 Å². The van der Waals surface area contributed by atoms with Gasteiger partial charge in [-0.25, -0.2) is 13.2 Å². The lowest BCUT2D eigenvalue weighted by molar-refractivity contribution is 0.0501. The van der Waals surface area contributed by atoms with E-state index in [4.69, 9.17) is 4.74 Å². The molecule has 0 saturated heterocycles. The number of unbranched alkanes of at least 4 members (excludes halogenated alkanes) is 2. The van der Waals surface area contributed by atoms with Gasteiger partial charge in [0.1, 0.15) is 0 Å². The summed E-state index contributed by atoms with van der Waals surface area (Å²) in [6, 6.07) is 6.49. The van der Waals surface area contributed by atoms with E-state index in [0.717, 1.165) is 19.3 Å². The molecule has 0 fully saturated rings. The van der Waals surface area contributed by atoms with E-state index >= 15 is 0 Å². The topological polar surface area (TPSA) is 72.5 Å². The first kappa shape index (κ1) is 17.5. The number of nitrogens with one attached hydrogen (secondary N) is 1. The molecule has 118 valence electrons. The summed E-state index contributed by atoms with van der Waals surface area (Å²) in [5.74, 6) is -0.458. The zero-order chi connectivity index (χ0) is 15.7. The van der Waals surface area contributed by atoms with Gasteiger partial charge < -0.3 is 4.74 Å². The smallest absolute Gasteiger partial charge is 0.340 e. The molecule has 1 aromatic rings. The number of esters is 1. The fraction of sp³-hybridized carbons (Fsp3) is 0.533. The van der Waals surface area contributed by atoms with Crippen LogP contribution in [0.3, 0.4) is 0 Å². The van der Waals surface area contributed by atoms with Gasteiger partial charge in [0, 0.05) is 0 Å². The van der Waals surface area contributed by atoms with Crippen LogP contribution < -0.4 is 4.72 Å². The van der Waals surface area contributed by atoms with Crippen LogP contribution in [0.4, 0.5) is 5.69 Å². The Balaban J connectivity index is 2.82. The molecule has 0 spiro atoms. The third-order valence-corrected chi connectivity index (χ3v) is 4.27. The molecule has 0 atom stereocenters. The van der Waals surface area contributed by atoms with E-state index < -0.39 is 16.0 Å². The van der Waals surface area contributed by atoms with Crippen molar-refractivity contribution in [2.24, 2.45) is 0 Å². The van der Waals surface area contributed by atoms with Gasteiger partial charge in [0.2, 0.25) is 10.0 Å². The lowest BCUT2D eigenvalue weighted by Gasteiger charge is -2.12. The third kappa shape index (κ3) is 6.16. The lowest BCUT2D eigenvalue weighted by atomic mass is 10.2. The van der Waals surface area contributed by atoms with Crippen molar-refractivity contribution in [1.29, 1.82) is 0 Å². The first-order chi connectivity index (χ1) is 10.00. The maximum absolute atomic E-state index is 12.0. The van der Waals surface area contributed by atoms with Crippen molar-refractivity contribution < 1.29 is 17.9 Å². The summed E-state index contributed by atoms with van der Waals surface area (Å²) >= 11 is 0. The number of benzene rings is 1. The minimum atomic E-state index is -3.44. The summed E-state index contributed by atoms with van der Waals surface area (Å²) in [6.07, 6.45) is 3.09. The standard InChI is InChI=1S/C15H23NO4S/c1-3-5-11-20-15(17)13-9-7-8-10-14(13)16-21(18,19)12-6-4-2/h7-10,16H,3-6,11-12H2,1-2H3. The van der Waals surface area contributed by atoms with Crippen LogP contribution in [-0.2, 0) is 14.8 Å². The second-order valence-corrected chi connectivity index (χ2v) is 6.65. The highest BCUT2D eigenvalue weighted by molar-refractivity contribution is 7.92. The number of ether oxygens (including phenoxy) is 1. The van der Waals surface area contributed by atoms with Crippen LogP contribution in [0.5, 0.6) is 0 Å². The largest absolute Gasteiger partial charge is 0.462 e. The second-order valence-electron chi connectivity index (χ2n) is 4.81. The number of sulfonamides is 1. The molecule has 1 rings (SSSR count). The highest BCUT2D eigenvalue weighted by atomic mass is 32.2. The second kappa shape index (κ2) is 8.67. The van der Waals surface area contributed by atoms with Gasteiger partial charge in [0.15, 0.2) is 0 Å². The molecular weight excluding hydrogens is 290 g/mol. The quantitative estimate of drug-likeness (QED) is 0.561. The summed E-state index contributed by atoms with van der Waals surface area (Å²) in [5.41, 5.74) is 0.517. The van der Waals surface area contributed by atoms with Crippen LogP contribution in [-0.4, -0.2) is 26.7 Å². The summed E-state index contributed by atoms with van der Waals surface area (Å²) in [6.45, 7) is 4.27. The van der Waals surface area contributed by atoms with Crippen LogP contribution >= 0.6 is 0 Å². The summed E-state index contributed by atoms with van der Waals surface area (Å²) in [4.78, 5) is 12.0. The fourth-order valence-electron chi connectivity index (χ4n) is 1.69. The zero-order valence-electron chi connectivity index (χ0n) is 12.6. The van der Waals surface area contributed by atoms with E-state index in [0.29, 0.717) is 13.0 Å². The van der Waals surface area contributed by atoms with Crippen molar-refractivity contribution in [3.05, 3.63) is 29.8 Å². The van der Waals surface area contributed by atoms with Gasteiger partial charge in [-0.2, -0.15) is 0 Å². The number of para-hydroxylation sites is 1. The van der Waals surface area contributed by atoms with Crippen LogP contribution in [0, 0.1) is 0 Å². The minimum Gasteiger partial charge on any atom is -0.462 e. The van der Waals surface area contributed by atoms with Gasteiger partial charge in [0.25, 0.3) is 0 Å². The van der Waals surface area contributed by atoms with Gasteiger partial charge in [-0.1, -0.05) is 38.8 Å². The number of carbonyl (C=O) groups excluding carboxylic acids is 1. The van der Waals surface area contributed by atoms with Gasteiger partial charge in [0.05, 0.1) is 23.6 Å². The Morgan fingerprint density at radius 1 is 1.14 bits per heavy atom. The van der Waals surface area contributed by atoms with E-state index in [-0.39, 0.29) is 17.0 Å². The normalized spacial score (nSPS) is 11.1. The molecule has 0 heterocycles. The van der Waals surface area contributed by atoms with E-state index in [1.54, 1.807) is 24.3 Å². The number of hydrogen-bond donors (Lipinski definition) is 1. The van der Waals surface area contributed by atoms with Gasteiger partial charge >= 0.3 is 5.97 Å². The average Bonchev–Trinajstić information content (AvgIpc) is 2.45. The summed E-state index contributed by atoms with van der Waals surface area (Å²) in [7, 11) is -3.44. The Kier molecular flexibility index (Phi) is 7.22. The van der Waals surface area contributed by atoms with Crippen molar-refractivity contribution in [3.8, 4) is 0 Å². The van der Waals surface area contributed by atoms with Crippen LogP contribution in [0.15, 0.2) is 24.3 Å². The molecule has 0 bridgehead atoms. The Morgan fingerprint density at radius 3 is 2.48 bits per heavy atom. The summed E-state index contributed by atoms with van der Waals surface area (Å²) < 4.78 is 31.5.